The smallest absolute Gasteiger partial charge is 0.305 e. The van der Waals surface area contributed by atoms with Crippen LogP contribution in [0.1, 0.15) is 29.9 Å². The zero-order valence-corrected chi connectivity index (χ0v) is 16.4. The molecule has 3 rings (SSSR count). The number of carbonyl (C=O) groups is 2. The summed E-state index contributed by atoms with van der Waals surface area (Å²) in [4.78, 5) is 25.6. The van der Waals surface area contributed by atoms with Crippen molar-refractivity contribution in [1.82, 2.24) is 5.32 Å². The molecule has 1 aliphatic heterocycles. The number of anilines is 2. The molecule has 0 aromatic heterocycles. The van der Waals surface area contributed by atoms with Crippen LogP contribution in [0.2, 0.25) is 0 Å². The van der Waals surface area contributed by atoms with Gasteiger partial charge in [-0.3, -0.25) is 14.1 Å². The van der Waals surface area contributed by atoms with Gasteiger partial charge in [-0.05, 0) is 29.7 Å². The van der Waals surface area contributed by atoms with Crippen molar-refractivity contribution in [2.45, 2.75) is 18.8 Å². The van der Waals surface area contributed by atoms with Crippen LogP contribution in [0.25, 0.3) is 0 Å². The molecule has 2 aromatic carbocycles. The first-order valence-electron chi connectivity index (χ1n) is 9.18. The highest BCUT2D eigenvalue weighted by Gasteiger charge is 2.34. The molecular weight excluding hydrogens is 396 g/mol. The number of nitrogens with zero attached hydrogens (tertiary/aromatic N) is 1. The number of rotatable bonds is 8. The highest BCUT2D eigenvalue weighted by molar-refractivity contribution is 7.85. The Morgan fingerprint density at radius 3 is 2.07 bits per heavy atom. The van der Waals surface area contributed by atoms with E-state index in [0.29, 0.717) is 6.54 Å². The molecule has 0 saturated carbocycles. The molecule has 0 radical (unpaired) electrons. The van der Waals surface area contributed by atoms with Crippen molar-refractivity contribution in [2.24, 2.45) is 0 Å². The van der Waals surface area contributed by atoms with Crippen LogP contribution >= 0.6 is 0 Å². The number of carbonyl (C=O) groups excluding carboxylic acids is 1. The minimum atomic E-state index is -4.06. The van der Waals surface area contributed by atoms with Gasteiger partial charge in [-0.2, -0.15) is 8.42 Å². The lowest BCUT2D eigenvalue weighted by Crippen LogP contribution is -2.36. The van der Waals surface area contributed by atoms with Crippen LogP contribution in [0.4, 0.5) is 11.4 Å². The molecule has 1 aliphatic rings. The van der Waals surface area contributed by atoms with E-state index in [4.69, 9.17) is 9.66 Å². The average molecular weight is 418 g/mol. The van der Waals surface area contributed by atoms with E-state index in [1.165, 1.54) is 0 Å². The van der Waals surface area contributed by atoms with E-state index in [-0.39, 0.29) is 31.0 Å². The van der Waals surface area contributed by atoms with Gasteiger partial charge in [0, 0.05) is 24.5 Å². The molecule has 154 valence electrons. The SMILES string of the molecule is O=C(O)CCNC(=O)C1c2ccccc2N(CCCS(=O)(=O)O)c2ccccc21. The summed E-state index contributed by atoms with van der Waals surface area (Å²) >= 11 is 0. The first-order chi connectivity index (χ1) is 13.8. The average Bonchev–Trinajstić information content (AvgIpc) is 2.66. The van der Waals surface area contributed by atoms with Crippen molar-refractivity contribution in [3.8, 4) is 0 Å². The lowest BCUT2D eigenvalue weighted by Gasteiger charge is -2.37. The maximum absolute atomic E-state index is 12.9. The zero-order chi connectivity index (χ0) is 21.0. The fourth-order valence-electron chi connectivity index (χ4n) is 3.58. The number of fused-ring (bicyclic) bond motifs is 2. The molecule has 0 saturated heterocycles. The van der Waals surface area contributed by atoms with Gasteiger partial charge in [-0.15, -0.1) is 0 Å². The third-order valence-corrected chi connectivity index (χ3v) is 5.57. The van der Waals surface area contributed by atoms with E-state index >= 15 is 0 Å². The Morgan fingerprint density at radius 2 is 1.55 bits per heavy atom. The van der Waals surface area contributed by atoms with Gasteiger partial charge < -0.3 is 15.3 Å². The van der Waals surface area contributed by atoms with Crippen LogP contribution in [0, 0.1) is 0 Å². The topological polar surface area (TPSA) is 124 Å². The molecule has 0 fully saturated rings. The zero-order valence-electron chi connectivity index (χ0n) is 15.6. The van der Waals surface area contributed by atoms with Crippen molar-refractivity contribution < 1.29 is 27.7 Å². The van der Waals surface area contributed by atoms with Gasteiger partial charge >= 0.3 is 5.97 Å². The summed E-state index contributed by atoms with van der Waals surface area (Å²) in [5.74, 6) is -2.23. The number of carboxylic acids is 1. The summed E-state index contributed by atoms with van der Waals surface area (Å²) in [5.41, 5.74) is 3.07. The highest BCUT2D eigenvalue weighted by atomic mass is 32.2. The van der Waals surface area contributed by atoms with Crippen LogP contribution in [-0.2, 0) is 19.7 Å². The van der Waals surface area contributed by atoms with Crippen molar-refractivity contribution >= 4 is 33.4 Å². The van der Waals surface area contributed by atoms with Crippen LogP contribution < -0.4 is 10.2 Å². The molecule has 1 amide bonds. The third-order valence-electron chi connectivity index (χ3n) is 4.76. The summed E-state index contributed by atoms with van der Waals surface area (Å²) in [5, 5.41) is 11.5. The number of aliphatic carboxylic acids is 1. The third kappa shape index (κ3) is 4.93. The molecular formula is C20H22N2O6S. The molecule has 0 atom stereocenters. The molecule has 8 nitrogen and oxygen atoms in total. The van der Waals surface area contributed by atoms with Crippen LogP contribution in [0.15, 0.2) is 48.5 Å². The minimum Gasteiger partial charge on any atom is -0.481 e. The second-order valence-electron chi connectivity index (χ2n) is 6.78. The number of benzene rings is 2. The second kappa shape index (κ2) is 8.62. The van der Waals surface area contributed by atoms with E-state index in [1.54, 1.807) is 0 Å². The lowest BCUT2D eigenvalue weighted by atomic mass is 9.84. The standard InChI is InChI=1S/C20H22N2O6S/c23-18(24)10-11-21-20(25)19-14-6-1-3-8-16(14)22(12-5-13-29(26,27)28)17-9-4-2-7-15(17)19/h1-4,6-9,19H,5,10-13H2,(H,21,25)(H,23,24)(H,26,27,28). The first-order valence-corrected chi connectivity index (χ1v) is 10.8. The minimum absolute atomic E-state index is 0.0348. The highest BCUT2D eigenvalue weighted by Crippen LogP contribution is 2.45. The van der Waals surface area contributed by atoms with E-state index < -0.39 is 22.0 Å². The van der Waals surface area contributed by atoms with Gasteiger partial charge in [0.2, 0.25) is 5.91 Å². The maximum atomic E-state index is 12.9. The number of hydrogen-bond donors (Lipinski definition) is 3. The monoisotopic (exact) mass is 418 g/mol. The quantitative estimate of drug-likeness (QED) is 0.561. The van der Waals surface area contributed by atoms with Crippen molar-refractivity contribution in [3.05, 3.63) is 59.7 Å². The van der Waals surface area contributed by atoms with Crippen LogP contribution in [-0.4, -0.2) is 48.8 Å². The number of carboxylic acid groups (broad SMARTS) is 1. The van der Waals surface area contributed by atoms with Gasteiger partial charge in [0.25, 0.3) is 10.1 Å². The molecule has 0 aliphatic carbocycles. The maximum Gasteiger partial charge on any atom is 0.305 e. The molecule has 3 N–H and O–H groups in total. The summed E-state index contributed by atoms with van der Waals surface area (Å²) in [6.45, 7) is 0.383. The molecule has 9 heteroatoms. The predicted molar refractivity (Wildman–Crippen MR) is 108 cm³/mol. The summed E-state index contributed by atoms with van der Waals surface area (Å²) in [7, 11) is -4.06. The molecule has 0 bridgehead atoms. The van der Waals surface area contributed by atoms with Crippen molar-refractivity contribution in [1.29, 1.82) is 0 Å². The van der Waals surface area contributed by atoms with E-state index in [1.807, 2.05) is 53.4 Å². The van der Waals surface area contributed by atoms with Crippen LogP contribution in [0.3, 0.4) is 0 Å². The Bertz CT molecular complexity index is 974. The molecule has 2 aromatic rings. The van der Waals surface area contributed by atoms with Gasteiger partial charge in [-0.1, -0.05) is 36.4 Å². The molecule has 29 heavy (non-hydrogen) atoms. The van der Waals surface area contributed by atoms with E-state index in [9.17, 15) is 18.0 Å². The van der Waals surface area contributed by atoms with Crippen LogP contribution in [0.5, 0.6) is 0 Å². The van der Waals surface area contributed by atoms with E-state index in [0.717, 1.165) is 22.5 Å². The fourth-order valence-corrected chi connectivity index (χ4v) is 4.07. The Kier molecular flexibility index (Phi) is 6.19. The summed E-state index contributed by atoms with van der Waals surface area (Å²) in [6, 6.07) is 14.7. The van der Waals surface area contributed by atoms with Gasteiger partial charge in [-0.25, -0.2) is 0 Å². The lowest BCUT2D eigenvalue weighted by molar-refractivity contribution is -0.136. The molecule has 1 heterocycles. The predicted octanol–water partition coefficient (Wildman–Crippen LogP) is 2.14. The van der Waals surface area contributed by atoms with E-state index in [2.05, 4.69) is 5.32 Å². The summed E-state index contributed by atoms with van der Waals surface area (Å²) < 4.78 is 31.2. The largest absolute Gasteiger partial charge is 0.481 e. The Hall–Kier alpha value is -2.91. The number of amides is 1. The van der Waals surface area contributed by atoms with Gasteiger partial charge in [0.05, 0.1) is 18.1 Å². The normalized spacial score (nSPS) is 13.5. The van der Waals surface area contributed by atoms with Gasteiger partial charge in [0.1, 0.15) is 0 Å². The number of para-hydroxylation sites is 2. The number of hydrogen-bond acceptors (Lipinski definition) is 5. The van der Waals surface area contributed by atoms with Gasteiger partial charge in [0.15, 0.2) is 0 Å². The molecule has 0 spiro atoms. The Balaban J connectivity index is 1.94. The Morgan fingerprint density at radius 1 is 1.00 bits per heavy atom. The Labute approximate surface area is 168 Å². The van der Waals surface area contributed by atoms with Crippen molar-refractivity contribution in [2.75, 3.05) is 23.7 Å². The molecule has 0 unspecified atom stereocenters. The fraction of sp³-hybridized carbons (Fsp3) is 0.300. The van der Waals surface area contributed by atoms with Crippen molar-refractivity contribution in [3.63, 3.8) is 0 Å². The summed E-state index contributed by atoms with van der Waals surface area (Å²) in [6.07, 6.45) is 0.0560. The number of nitrogens with one attached hydrogen (secondary N) is 1. The second-order valence-corrected chi connectivity index (χ2v) is 8.35. The first kappa shape index (κ1) is 20.8.